The van der Waals surface area contributed by atoms with Crippen LogP contribution in [0.3, 0.4) is 0 Å². The minimum absolute atomic E-state index is 0.243. The number of unbranched alkanes of at least 4 members (excludes halogenated alkanes) is 5. The lowest BCUT2D eigenvalue weighted by atomic mass is 9.89. The summed E-state index contributed by atoms with van der Waals surface area (Å²) >= 11 is 0. The highest BCUT2D eigenvalue weighted by Gasteiger charge is 2.39. The van der Waals surface area contributed by atoms with Crippen LogP contribution in [-0.2, 0) is 9.47 Å². The Morgan fingerprint density at radius 3 is 1.80 bits per heavy atom. The Kier molecular flexibility index (Phi) is 10.5. The van der Waals surface area contributed by atoms with E-state index in [1.54, 1.807) is 12.1 Å². The van der Waals surface area contributed by atoms with Gasteiger partial charge in [0, 0.05) is 13.2 Å². The predicted octanol–water partition coefficient (Wildman–Crippen LogP) is 7.05. The van der Waals surface area contributed by atoms with Crippen molar-refractivity contribution in [2.24, 2.45) is 0 Å². The fourth-order valence-corrected chi connectivity index (χ4v) is 3.90. The first-order valence-electron chi connectivity index (χ1n) is 11.4. The summed E-state index contributed by atoms with van der Waals surface area (Å²) in [5, 5.41) is 11.2. The van der Waals surface area contributed by atoms with Gasteiger partial charge in [-0.05, 0) is 49.1 Å². The van der Waals surface area contributed by atoms with Crippen molar-refractivity contribution in [1.29, 1.82) is 0 Å². The lowest BCUT2D eigenvalue weighted by Gasteiger charge is -2.35. The minimum Gasteiger partial charge on any atom is -0.343 e. The molecule has 1 N–H and O–H groups in total. The third-order valence-corrected chi connectivity index (χ3v) is 5.48. The Hall–Kier alpha value is -1.75. The molecule has 0 saturated carbocycles. The number of rotatable bonds is 14. The Morgan fingerprint density at radius 1 is 0.767 bits per heavy atom. The first kappa shape index (κ1) is 24.5. The molecule has 0 aliphatic rings. The number of hydrogen-bond donors (Lipinski definition) is 1. The Balaban J connectivity index is 2.18. The van der Waals surface area contributed by atoms with E-state index in [9.17, 15) is 9.50 Å². The van der Waals surface area contributed by atoms with Gasteiger partial charge >= 0.3 is 0 Å². The van der Waals surface area contributed by atoms with Crippen LogP contribution in [-0.4, -0.2) is 24.3 Å². The van der Waals surface area contributed by atoms with Crippen molar-refractivity contribution in [2.75, 3.05) is 13.2 Å². The van der Waals surface area contributed by atoms with E-state index in [4.69, 9.17) is 9.47 Å². The Labute approximate surface area is 181 Å². The number of ether oxygens (including phenoxy) is 2. The van der Waals surface area contributed by atoms with Gasteiger partial charge in [0.2, 0.25) is 0 Å². The summed E-state index contributed by atoms with van der Waals surface area (Å²) in [4.78, 5) is 0. The molecule has 2 aromatic carbocycles. The van der Waals surface area contributed by atoms with Gasteiger partial charge in [-0.3, -0.25) is 0 Å². The van der Waals surface area contributed by atoms with Crippen molar-refractivity contribution in [2.45, 2.75) is 77.6 Å². The average molecular weight is 417 g/mol. The maximum Gasteiger partial charge on any atom is 0.287 e. The van der Waals surface area contributed by atoms with Gasteiger partial charge in [-0.2, -0.15) is 0 Å². The molecule has 0 bridgehead atoms. The van der Waals surface area contributed by atoms with Gasteiger partial charge in [-0.1, -0.05) is 81.8 Å². The van der Waals surface area contributed by atoms with Crippen molar-refractivity contribution in [1.82, 2.24) is 0 Å². The van der Waals surface area contributed by atoms with Crippen LogP contribution in [0.5, 0.6) is 0 Å². The van der Waals surface area contributed by atoms with Gasteiger partial charge in [0.05, 0.1) is 5.92 Å². The van der Waals surface area contributed by atoms with Crippen LogP contribution in [0.25, 0.3) is 11.1 Å². The summed E-state index contributed by atoms with van der Waals surface area (Å²) in [6.45, 7) is 6.69. The van der Waals surface area contributed by atoms with Gasteiger partial charge in [0.1, 0.15) is 5.82 Å². The van der Waals surface area contributed by atoms with Gasteiger partial charge in [-0.25, -0.2) is 4.39 Å². The molecule has 0 amide bonds. The van der Waals surface area contributed by atoms with Crippen LogP contribution in [0.1, 0.15) is 77.2 Å². The molecule has 1 unspecified atom stereocenters. The molecule has 166 valence electrons. The SMILES string of the molecule is CCCCCCCCC(c1ccc(-c2ccc(F)cc2)cc1)C(O)(OCC)OCC. The molecular formula is C26H37FO3. The molecule has 30 heavy (non-hydrogen) atoms. The smallest absolute Gasteiger partial charge is 0.287 e. The van der Waals surface area contributed by atoms with Crippen molar-refractivity contribution < 1.29 is 19.0 Å². The topological polar surface area (TPSA) is 38.7 Å². The van der Waals surface area contributed by atoms with Crippen molar-refractivity contribution in [3.63, 3.8) is 0 Å². The second kappa shape index (κ2) is 12.8. The second-order valence-electron chi connectivity index (χ2n) is 7.73. The van der Waals surface area contributed by atoms with E-state index in [0.29, 0.717) is 13.2 Å². The number of aliphatic hydroxyl groups is 1. The molecule has 0 radical (unpaired) electrons. The normalized spacial score (nSPS) is 12.8. The third-order valence-electron chi connectivity index (χ3n) is 5.48. The summed E-state index contributed by atoms with van der Waals surface area (Å²) in [6.07, 6.45) is 7.92. The van der Waals surface area contributed by atoms with Crippen molar-refractivity contribution in [3.8, 4) is 11.1 Å². The molecule has 0 aromatic heterocycles. The van der Waals surface area contributed by atoms with Gasteiger partial charge in [-0.15, -0.1) is 0 Å². The Morgan fingerprint density at radius 2 is 1.27 bits per heavy atom. The van der Waals surface area contributed by atoms with Crippen molar-refractivity contribution in [3.05, 3.63) is 59.9 Å². The molecule has 0 aliphatic heterocycles. The van der Waals surface area contributed by atoms with Gasteiger partial charge in [0.15, 0.2) is 0 Å². The number of benzene rings is 2. The number of hydrogen-bond acceptors (Lipinski definition) is 3. The van der Waals surface area contributed by atoms with Crippen LogP contribution < -0.4 is 0 Å². The van der Waals surface area contributed by atoms with E-state index in [2.05, 4.69) is 6.92 Å². The van der Waals surface area contributed by atoms with Crippen LogP contribution in [0.2, 0.25) is 0 Å². The quantitative estimate of drug-likeness (QED) is 0.265. The lowest BCUT2D eigenvalue weighted by Crippen LogP contribution is -2.42. The fourth-order valence-electron chi connectivity index (χ4n) is 3.90. The lowest BCUT2D eigenvalue weighted by molar-refractivity contribution is -0.370. The molecule has 2 aromatic rings. The molecule has 0 fully saturated rings. The van der Waals surface area contributed by atoms with E-state index in [-0.39, 0.29) is 11.7 Å². The Bertz CT molecular complexity index is 706. The summed E-state index contributed by atoms with van der Waals surface area (Å²) in [6, 6.07) is 14.5. The number of halogens is 1. The predicted molar refractivity (Wildman–Crippen MR) is 121 cm³/mol. The average Bonchev–Trinajstić information content (AvgIpc) is 2.74. The molecule has 1 atom stereocenters. The molecule has 0 saturated heterocycles. The van der Waals surface area contributed by atoms with E-state index in [1.165, 1.54) is 37.8 Å². The van der Waals surface area contributed by atoms with Crippen LogP contribution in [0.4, 0.5) is 4.39 Å². The summed E-state index contributed by atoms with van der Waals surface area (Å²) in [5.74, 6) is -2.15. The van der Waals surface area contributed by atoms with Crippen LogP contribution in [0.15, 0.2) is 48.5 Å². The zero-order valence-corrected chi connectivity index (χ0v) is 18.7. The van der Waals surface area contributed by atoms with Crippen molar-refractivity contribution >= 4 is 0 Å². The molecule has 0 spiro atoms. The highest BCUT2D eigenvalue weighted by atomic mass is 19.1. The standard InChI is InChI=1S/C26H37FO3/c1-4-7-8-9-10-11-12-25(26(28,29-5-2)30-6-3)23-15-13-21(14-16-23)22-17-19-24(27)20-18-22/h13-20,25,28H,4-12H2,1-3H3. The van der Waals surface area contributed by atoms with Crippen LogP contribution >= 0.6 is 0 Å². The van der Waals surface area contributed by atoms with Gasteiger partial charge < -0.3 is 14.6 Å². The second-order valence-corrected chi connectivity index (χ2v) is 7.73. The largest absolute Gasteiger partial charge is 0.343 e. The molecule has 4 heteroatoms. The van der Waals surface area contributed by atoms with E-state index >= 15 is 0 Å². The van der Waals surface area contributed by atoms with E-state index < -0.39 is 5.97 Å². The summed E-state index contributed by atoms with van der Waals surface area (Å²) in [7, 11) is 0. The minimum atomic E-state index is -1.63. The summed E-state index contributed by atoms with van der Waals surface area (Å²) < 4.78 is 24.6. The van der Waals surface area contributed by atoms with E-state index in [1.807, 2.05) is 38.1 Å². The third kappa shape index (κ3) is 7.19. The van der Waals surface area contributed by atoms with Gasteiger partial charge in [0.25, 0.3) is 5.97 Å². The molecule has 3 nitrogen and oxygen atoms in total. The summed E-state index contributed by atoms with van der Waals surface area (Å²) in [5.41, 5.74) is 2.95. The molecule has 0 aliphatic carbocycles. The molecule has 2 rings (SSSR count). The zero-order chi connectivity index (χ0) is 21.8. The maximum atomic E-state index is 13.2. The highest BCUT2D eigenvalue weighted by molar-refractivity contribution is 5.63. The highest BCUT2D eigenvalue weighted by Crippen LogP contribution is 2.36. The molecular weight excluding hydrogens is 379 g/mol. The molecule has 0 heterocycles. The first-order chi connectivity index (χ1) is 14.5. The fraction of sp³-hybridized carbons (Fsp3) is 0.538. The monoisotopic (exact) mass is 416 g/mol. The zero-order valence-electron chi connectivity index (χ0n) is 18.7. The van der Waals surface area contributed by atoms with E-state index in [0.717, 1.165) is 36.0 Å². The van der Waals surface area contributed by atoms with Crippen LogP contribution in [0, 0.1) is 5.82 Å². The first-order valence-corrected chi connectivity index (χ1v) is 11.4. The maximum absolute atomic E-state index is 13.2.